The molecule has 0 aliphatic heterocycles. The van der Waals surface area contributed by atoms with Crippen molar-refractivity contribution in [1.29, 1.82) is 5.26 Å². The van der Waals surface area contributed by atoms with Gasteiger partial charge in [-0.1, -0.05) is 35.9 Å². The van der Waals surface area contributed by atoms with Gasteiger partial charge in [-0.25, -0.2) is 0 Å². The Bertz CT molecular complexity index is 572. The van der Waals surface area contributed by atoms with Crippen LogP contribution in [0.3, 0.4) is 0 Å². The van der Waals surface area contributed by atoms with Gasteiger partial charge in [0.15, 0.2) is 0 Å². The van der Waals surface area contributed by atoms with E-state index in [-0.39, 0.29) is 5.75 Å². The highest BCUT2D eigenvalue weighted by Crippen LogP contribution is 2.30. The van der Waals surface area contributed by atoms with Gasteiger partial charge in [0.25, 0.3) is 0 Å². The van der Waals surface area contributed by atoms with Gasteiger partial charge < -0.3 is 5.11 Å². The summed E-state index contributed by atoms with van der Waals surface area (Å²) in [6.45, 7) is 0. The van der Waals surface area contributed by atoms with Crippen molar-refractivity contribution < 1.29 is 5.11 Å². The predicted octanol–water partition coefficient (Wildman–Crippen LogP) is 3.58. The first-order chi connectivity index (χ1) is 7.72. The molecule has 0 amide bonds. The summed E-state index contributed by atoms with van der Waals surface area (Å²) in [7, 11) is 0. The Labute approximate surface area is 98.3 Å². The molecule has 2 aromatic carbocycles. The fourth-order valence-corrected chi connectivity index (χ4v) is 1.66. The summed E-state index contributed by atoms with van der Waals surface area (Å²) in [5, 5.41) is 19.0. The smallest absolute Gasteiger partial charge is 0.123 e. The molecule has 0 fully saturated rings. The van der Waals surface area contributed by atoms with Gasteiger partial charge >= 0.3 is 0 Å². The molecule has 78 valence electrons. The Hall–Kier alpha value is -1.98. The molecular formula is C13H8ClNO. The fourth-order valence-electron chi connectivity index (χ4n) is 1.50. The number of para-hydroxylation sites is 1. The summed E-state index contributed by atoms with van der Waals surface area (Å²) in [5.41, 5.74) is 1.87. The third kappa shape index (κ3) is 1.86. The van der Waals surface area contributed by atoms with Crippen molar-refractivity contribution in [3.63, 3.8) is 0 Å². The first-order valence-electron chi connectivity index (χ1n) is 4.70. The number of nitriles is 1. The average molecular weight is 230 g/mol. The maximum absolute atomic E-state index is 9.68. The van der Waals surface area contributed by atoms with Crippen molar-refractivity contribution in [1.82, 2.24) is 0 Å². The molecule has 0 aliphatic rings. The number of benzene rings is 2. The highest BCUT2D eigenvalue weighted by atomic mass is 35.5. The molecule has 0 unspecified atom stereocenters. The summed E-state index contributed by atoms with van der Waals surface area (Å²) >= 11 is 5.84. The van der Waals surface area contributed by atoms with E-state index in [9.17, 15) is 5.11 Å². The van der Waals surface area contributed by atoms with E-state index in [1.165, 1.54) is 0 Å². The summed E-state index contributed by atoms with van der Waals surface area (Å²) in [5.74, 6) is 0.189. The number of hydrogen-bond acceptors (Lipinski definition) is 2. The zero-order chi connectivity index (χ0) is 11.5. The monoisotopic (exact) mass is 229 g/mol. The number of halogens is 1. The number of phenols is 1. The maximum Gasteiger partial charge on any atom is 0.123 e. The van der Waals surface area contributed by atoms with Gasteiger partial charge in [0, 0.05) is 5.56 Å². The second-order valence-electron chi connectivity index (χ2n) is 3.32. The van der Waals surface area contributed by atoms with E-state index in [0.29, 0.717) is 16.1 Å². The van der Waals surface area contributed by atoms with Crippen LogP contribution in [0, 0.1) is 11.3 Å². The molecule has 2 aromatic rings. The van der Waals surface area contributed by atoms with Crippen molar-refractivity contribution in [2.24, 2.45) is 0 Å². The zero-order valence-electron chi connectivity index (χ0n) is 8.31. The molecule has 0 radical (unpaired) electrons. The number of hydrogen-bond donors (Lipinski definition) is 1. The zero-order valence-corrected chi connectivity index (χ0v) is 9.07. The van der Waals surface area contributed by atoms with Gasteiger partial charge in [0.2, 0.25) is 0 Å². The Kier molecular flexibility index (Phi) is 2.80. The van der Waals surface area contributed by atoms with E-state index < -0.39 is 0 Å². The van der Waals surface area contributed by atoms with Crippen LogP contribution < -0.4 is 0 Å². The lowest BCUT2D eigenvalue weighted by atomic mass is 10.0. The highest BCUT2D eigenvalue weighted by molar-refractivity contribution is 6.31. The molecule has 16 heavy (non-hydrogen) atoms. The molecule has 1 N–H and O–H groups in total. The van der Waals surface area contributed by atoms with Crippen LogP contribution in [-0.4, -0.2) is 5.11 Å². The summed E-state index contributed by atoms with van der Waals surface area (Å²) < 4.78 is 0. The van der Waals surface area contributed by atoms with Crippen molar-refractivity contribution in [3.05, 3.63) is 53.1 Å². The topological polar surface area (TPSA) is 44.0 Å². The second-order valence-corrected chi connectivity index (χ2v) is 3.73. The molecule has 2 nitrogen and oxygen atoms in total. The third-order valence-corrected chi connectivity index (χ3v) is 2.63. The minimum atomic E-state index is 0.189. The van der Waals surface area contributed by atoms with E-state index in [0.717, 1.165) is 5.56 Å². The minimum absolute atomic E-state index is 0.189. The van der Waals surface area contributed by atoms with Crippen molar-refractivity contribution in [2.75, 3.05) is 0 Å². The normalized spacial score (nSPS) is 9.75. The summed E-state index contributed by atoms with van der Waals surface area (Å²) in [4.78, 5) is 0. The number of rotatable bonds is 1. The SMILES string of the molecule is N#Cc1cc(-c2ccccc2O)ccc1Cl. The molecule has 0 saturated heterocycles. The number of aromatic hydroxyl groups is 1. The maximum atomic E-state index is 9.68. The molecular weight excluding hydrogens is 222 g/mol. The lowest BCUT2D eigenvalue weighted by molar-refractivity contribution is 0.477. The van der Waals surface area contributed by atoms with Gasteiger partial charge in [-0.2, -0.15) is 5.26 Å². The van der Waals surface area contributed by atoms with Gasteiger partial charge in [-0.3, -0.25) is 0 Å². The Morgan fingerprint density at radius 3 is 2.56 bits per heavy atom. The predicted molar refractivity (Wildman–Crippen MR) is 63.3 cm³/mol. The fraction of sp³-hybridized carbons (Fsp3) is 0. The molecule has 0 bridgehead atoms. The minimum Gasteiger partial charge on any atom is -0.507 e. The molecule has 3 heteroatoms. The molecule has 0 spiro atoms. The quantitative estimate of drug-likeness (QED) is 0.812. The highest BCUT2D eigenvalue weighted by Gasteiger charge is 2.06. The first kappa shape index (κ1) is 10.5. The van der Waals surface area contributed by atoms with E-state index in [1.807, 2.05) is 12.1 Å². The number of phenolic OH excluding ortho intramolecular Hbond substituents is 1. The van der Waals surface area contributed by atoms with Crippen LogP contribution in [0.1, 0.15) is 5.56 Å². The van der Waals surface area contributed by atoms with Gasteiger partial charge in [0.05, 0.1) is 10.6 Å². The van der Waals surface area contributed by atoms with E-state index in [1.54, 1.807) is 36.4 Å². The van der Waals surface area contributed by atoms with Gasteiger partial charge in [-0.05, 0) is 23.8 Å². The molecule has 0 aromatic heterocycles. The van der Waals surface area contributed by atoms with Crippen molar-refractivity contribution in [2.45, 2.75) is 0 Å². The van der Waals surface area contributed by atoms with Crippen LogP contribution >= 0.6 is 11.6 Å². The number of nitrogens with zero attached hydrogens (tertiary/aromatic N) is 1. The van der Waals surface area contributed by atoms with Crippen LogP contribution in [0.2, 0.25) is 5.02 Å². The van der Waals surface area contributed by atoms with E-state index in [4.69, 9.17) is 16.9 Å². The molecule has 0 aliphatic carbocycles. The van der Waals surface area contributed by atoms with Crippen LogP contribution in [-0.2, 0) is 0 Å². The van der Waals surface area contributed by atoms with Crippen LogP contribution in [0.5, 0.6) is 5.75 Å². The standard InChI is InChI=1S/C13H8ClNO/c14-12-6-5-9(7-10(12)8-15)11-3-1-2-4-13(11)16/h1-7,16H. The molecule has 0 atom stereocenters. The second kappa shape index (κ2) is 4.26. The summed E-state index contributed by atoms with van der Waals surface area (Å²) in [6.07, 6.45) is 0. The Morgan fingerprint density at radius 2 is 1.88 bits per heavy atom. The molecule has 2 rings (SSSR count). The Balaban J connectivity index is 2.59. The van der Waals surface area contributed by atoms with Crippen LogP contribution in [0.15, 0.2) is 42.5 Å². The molecule has 0 saturated carbocycles. The average Bonchev–Trinajstić information content (AvgIpc) is 2.31. The van der Waals surface area contributed by atoms with Gasteiger partial charge in [-0.15, -0.1) is 0 Å². The first-order valence-corrected chi connectivity index (χ1v) is 5.08. The van der Waals surface area contributed by atoms with E-state index in [2.05, 4.69) is 0 Å². The lowest BCUT2D eigenvalue weighted by Crippen LogP contribution is -1.82. The lowest BCUT2D eigenvalue weighted by Gasteiger charge is -2.05. The third-order valence-electron chi connectivity index (χ3n) is 2.30. The molecule has 0 heterocycles. The summed E-state index contributed by atoms with van der Waals surface area (Å²) in [6, 6.07) is 14.1. The van der Waals surface area contributed by atoms with Crippen molar-refractivity contribution in [3.8, 4) is 22.9 Å². The van der Waals surface area contributed by atoms with Gasteiger partial charge in [0.1, 0.15) is 11.8 Å². The van der Waals surface area contributed by atoms with Crippen LogP contribution in [0.25, 0.3) is 11.1 Å². The Morgan fingerprint density at radius 1 is 1.12 bits per heavy atom. The van der Waals surface area contributed by atoms with E-state index >= 15 is 0 Å². The largest absolute Gasteiger partial charge is 0.507 e. The van der Waals surface area contributed by atoms with Crippen molar-refractivity contribution >= 4 is 11.6 Å². The van der Waals surface area contributed by atoms with Crippen LogP contribution in [0.4, 0.5) is 0 Å².